The molecular weight excluding hydrogens is 602 g/mol. The first-order chi connectivity index (χ1) is 19.7. The Bertz CT molecular complexity index is 1560. The molecule has 0 radical (unpaired) electrons. The molecule has 0 fully saturated rings. The third kappa shape index (κ3) is 7.62. The molecule has 0 saturated carbocycles. The predicted octanol–water partition coefficient (Wildman–Crippen LogP) is 5.34. The molecule has 0 saturated heterocycles. The molecule has 4 rings (SSSR count). The Balaban J connectivity index is 1.76. The van der Waals surface area contributed by atoms with Gasteiger partial charge in [0, 0.05) is 24.5 Å². The lowest BCUT2D eigenvalue weighted by molar-refractivity contribution is -0.139. The summed E-state index contributed by atoms with van der Waals surface area (Å²) >= 11 is 3.44. The fourth-order valence-corrected chi connectivity index (χ4v) is 6.15. The smallest absolute Gasteiger partial charge is 0.264 e. The van der Waals surface area contributed by atoms with Gasteiger partial charge in [0.25, 0.3) is 10.0 Å². The maximum Gasteiger partial charge on any atom is 0.264 e. The van der Waals surface area contributed by atoms with Crippen molar-refractivity contribution < 1.29 is 18.0 Å². The van der Waals surface area contributed by atoms with Gasteiger partial charge in [0.05, 0.1) is 10.6 Å². The summed E-state index contributed by atoms with van der Waals surface area (Å²) < 4.78 is 29.8. The molecule has 1 N–H and O–H groups in total. The van der Waals surface area contributed by atoms with Gasteiger partial charge in [-0.1, -0.05) is 94.3 Å². The molecule has 1 unspecified atom stereocenters. The Morgan fingerprint density at radius 1 is 0.805 bits per heavy atom. The second-order valence-corrected chi connectivity index (χ2v) is 12.4. The molecule has 212 valence electrons. The number of carbonyl (C=O) groups is 2. The van der Waals surface area contributed by atoms with Crippen LogP contribution in [0.3, 0.4) is 0 Å². The van der Waals surface area contributed by atoms with Gasteiger partial charge in [-0.2, -0.15) is 0 Å². The maximum absolute atomic E-state index is 14.2. The van der Waals surface area contributed by atoms with E-state index in [0.717, 1.165) is 25.5 Å². The van der Waals surface area contributed by atoms with E-state index < -0.39 is 28.5 Å². The minimum Gasteiger partial charge on any atom is -0.357 e. The van der Waals surface area contributed by atoms with Crippen LogP contribution in [0.4, 0.5) is 5.69 Å². The van der Waals surface area contributed by atoms with Gasteiger partial charge in [0.1, 0.15) is 12.6 Å². The number of benzene rings is 4. The number of rotatable bonds is 11. The van der Waals surface area contributed by atoms with Crippen LogP contribution in [0, 0.1) is 6.92 Å². The minimum absolute atomic E-state index is 0.0753. The Morgan fingerprint density at radius 3 is 1.98 bits per heavy atom. The van der Waals surface area contributed by atoms with Crippen molar-refractivity contribution in [3.05, 3.63) is 130 Å². The van der Waals surface area contributed by atoms with Gasteiger partial charge in [-0.05, 0) is 54.4 Å². The van der Waals surface area contributed by atoms with Gasteiger partial charge in [-0.3, -0.25) is 13.9 Å². The fraction of sp³-hybridized carbons (Fsp3) is 0.188. The number of carbonyl (C=O) groups excluding carboxylic acids is 2. The van der Waals surface area contributed by atoms with E-state index in [1.54, 1.807) is 42.5 Å². The van der Waals surface area contributed by atoms with Crippen LogP contribution in [0.25, 0.3) is 0 Å². The first-order valence-electron chi connectivity index (χ1n) is 13.1. The number of sulfonamides is 1. The molecule has 0 aromatic heterocycles. The third-order valence-corrected chi connectivity index (χ3v) is 9.03. The van der Waals surface area contributed by atoms with E-state index >= 15 is 0 Å². The Labute approximate surface area is 250 Å². The number of halogens is 1. The summed E-state index contributed by atoms with van der Waals surface area (Å²) in [5, 5.41) is 2.69. The summed E-state index contributed by atoms with van der Waals surface area (Å²) in [5.74, 6) is -0.844. The second-order valence-electron chi connectivity index (χ2n) is 9.63. The molecule has 0 aliphatic heterocycles. The summed E-state index contributed by atoms with van der Waals surface area (Å²) in [7, 11) is -2.58. The molecule has 0 spiro atoms. The van der Waals surface area contributed by atoms with E-state index in [1.165, 1.54) is 24.1 Å². The number of para-hydroxylation sites is 1. The molecule has 4 aromatic carbocycles. The van der Waals surface area contributed by atoms with Crippen molar-refractivity contribution in [2.45, 2.75) is 30.8 Å². The molecule has 9 heteroatoms. The lowest BCUT2D eigenvalue weighted by Gasteiger charge is -2.33. The molecule has 7 nitrogen and oxygen atoms in total. The predicted molar refractivity (Wildman–Crippen MR) is 165 cm³/mol. The molecule has 1 atom stereocenters. The highest BCUT2D eigenvalue weighted by Crippen LogP contribution is 2.25. The van der Waals surface area contributed by atoms with E-state index in [9.17, 15) is 18.0 Å². The number of amides is 2. The minimum atomic E-state index is -4.11. The third-order valence-electron chi connectivity index (χ3n) is 6.72. The quantitative estimate of drug-likeness (QED) is 0.242. The fourth-order valence-electron chi connectivity index (χ4n) is 4.47. The van der Waals surface area contributed by atoms with Gasteiger partial charge in [0.2, 0.25) is 11.8 Å². The zero-order valence-electron chi connectivity index (χ0n) is 22.9. The van der Waals surface area contributed by atoms with Crippen LogP contribution in [0.1, 0.15) is 16.7 Å². The van der Waals surface area contributed by atoms with E-state index in [4.69, 9.17) is 0 Å². The normalized spacial score (nSPS) is 11.9. The van der Waals surface area contributed by atoms with Crippen LogP contribution in [-0.4, -0.2) is 44.8 Å². The largest absolute Gasteiger partial charge is 0.357 e. The zero-order valence-corrected chi connectivity index (χ0v) is 25.3. The number of nitrogens with one attached hydrogen (secondary N) is 1. The highest BCUT2D eigenvalue weighted by molar-refractivity contribution is 9.10. The van der Waals surface area contributed by atoms with Gasteiger partial charge < -0.3 is 10.2 Å². The summed E-state index contributed by atoms with van der Waals surface area (Å²) in [6.07, 6.45) is 0.263. The summed E-state index contributed by atoms with van der Waals surface area (Å²) in [6, 6.07) is 31.1. The van der Waals surface area contributed by atoms with Gasteiger partial charge in [-0.25, -0.2) is 8.42 Å². The van der Waals surface area contributed by atoms with E-state index in [1.807, 2.05) is 61.5 Å². The monoisotopic (exact) mass is 633 g/mol. The number of anilines is 1. The van der Waals surface area contributed by atoms with Crippen LogP contribution in [-0.2, 0) is 32.6 Å². The lowest BCUT2D eigenvalue weighted by atomic mass is 10.0. The first-order valence-corrected chi connectivity index (χ1v) is 15.4. The standard InChI is InChI=1S/C32H32BrN3O4S/c1-24-13-19-29(20-14-24)41(39,40)36(28-11-7-4-8-12-28)23-31(37)35(22-26-15-17-27(33)18-16-26)30(32(38)34-2)21-25-9-5-3-6-10-25/h3-20,30H,21-23H2,1-2H3,(H,34,38). The molecular formula is C32H32BrN3O4S. The van der Waals surface area contributed by atoms with Gasteiger partial charge >= 0.3 is 0 Å². The van der Waals surface area contributed by atoms with Crippen molar-refractivity contribution in [2.24, 2.45) is 0 Å². The molecule has 0 heterocycles. The van der Waals surface area contributed by atoms with Gasteiger partial charge in [0.15, 0.2) is 0 Å². The number of hydrogen-bond donors (Lipinski definition) is 1. The number of nitrogens with zero attached hydrogens (tertiary/aromatic N) is 2. The van der Waals surface area contributed by atoms with Crippen molar-refractivity contribution in [1.29, 1.82) is 0 Å². The average Bonchev–Trinajstić information content (AvgIpc) is 2.99. The molecule has 0 bridgehead atoms. The highest BCUT2D eigenvalue weighted by Gasteiger charge is 2.34. The lowest BCUT2D eigenvalue weighted by Crippen LogP contribution is -2.53. The van der Waals surface area contributed by atoms with Crippen LogP contribution in [0.15, 0.2) is 119 Å². The van der Waals surface area contributed by atoms with Gasteiger partial charge in [-0.15, -0.1) is 0 Å². The van der Waals surface area contributed by atoms with Crippen molar-refractivity contribution in [3.63, 3.8) is 0 Å². The number of likely N-dealkylation sites (N-methyl/N-ethyl adjacent to an activating group) is 1. The Kier molecular flexibility index (Phi) is 9.96. The number of hydrogen-bond acceptors (Lipinski definition) is 4. The van der Waals surface area contributed by atoms with E-state index in [-0.39, 0.29) is 23.8 Å². The van der Waals surface area contributed by atoms with E-state index in [0.29, 0.717) is 5.69 Å². The molecule has 0 aliphatic carbocycles. The maximum atomic E-state index is 14.2. The van der Waals surface area contributed by atoms with Crippen molar-refractivity contribution in [3.8, 4) is 0 Å². The molecule has 0 aliphatic rings. The van der Waals surface area contributed by atoms with E-state index in [2.05, 4.69) is 21.2 Å². The highest BCUT2D eigenvalue weighted by atomic mass is 79.9. The van der Waals surface area contributed by atoms with Crippen LogP contribution >= 0.6 is 15.9 Å². The topological polar surface area (TPSA) is 86.8 Å². The van der Waals surface area contributed by atoms with Crippen LogP contribution in [0.2, 0.25) is 0 Å². The van der Waals surface area contributed by atoms with Crippen molar-refractivity contribution in [2.75, 3.05) is 17.9 Å². The Hall–Kier alpha value is -3.95. The summed E-state index contributed by atoms with van der Waals surface area (Å²) in [6.45, 7) is 1.50. The van der Waals surface area contributed by atoms with Crippen LogP contribution in [0.5, 0.6) is 0 Å². The summed E-state index contributed by atoms with van der Waals surface area (Å²) in [5.41, 5.74) is 2.95. The molecule has 4 aromatic rings. The zero-order chi connectivity index (χ0) is 29.4. The number of aryl methyl sites for hydroxylation is 1. The van der Waals surface area contributed by atoms with Crippen LogP contribution < -0.4 is 9.62 Å². The second kappa shape index (κ2) is 13.6. The molecule has 41 heavy (non-hydrogen) atoms. The average molecular weight is 635 g/mol. The first kappa shape index (κ1) is 30.0. The SMILES string of the molecule is CNC(=O)C(Cc1ccccc1)N(Cc1ccc(Br)cc1)C(=O)CN(c1ccccc1)S(=O)(=O)c1ccc(C)cc1. The van der Waals surface area contributed by atoms with Crippen molar-refractivity contribution in [1.82, 2.24) is 10.2 Å². The van der Waals surface area contributed by atoms with Crippen molar-refractivity contribution >= 4 is 43.5 Å². The summed E-state index contributed by atoms with van der Waals surface area (Å²) in [4.78, 5) is 29.0. The Morgan fingerprint density at radius 2 is 1.39 bits per heavy atom. The molecule has 2 amide bonds.